The molecule has 0 aliphatic carbocycles. The Morgan fingerprint density at radius 3 is 2.64 bits per heavy atom. The van der Waals surface area contributed by atoms with Gasteiger partial charge in [-0.15, -0.1) is 5.10 Å². The van der Waals surface area contributed by atoms with Crippen molar-refractivity contribution in [1.29, 1.82) is 0 Å². The number of hydrazone groups is 1. The highest BCUT2D eigenvalue weighted by Crippen LogP contribution is 2.42. The molecule has 28 heavy (non-hydrogen) atoms. The van der Waals surface area contributed by atoms with Crippen LogP contribution < -0.4 is 0 Å². The third-order valence-electron chi connectivity index (χ3n) is 5.53. The van der Waals surface area contributed by atoms with E-state index in [1.165, 1.54) is 5.56 Å². The maximum Gasteiger partial charge on any atom is 0.185 e. The van der Waals surface area contributed by atoms with E-state index >= 15 is 0 Å². The van der Waals surface area contributed by atoms with Crippen molar-refractivity contribution in [2.24, 2.45) is 5.10 Å². The van der Waals surface area contributed by atoms with Gasteiger partial charge in [0.2, 0.25) is 0 Å². The molecule has 1 aliphatic rings. The number of fused-ring (bicyclic) bond motifs is 1. The molecule has 3 aromatic rings. The van der Waals surface area contributed by atoms with Gasteiger partial charge < -0.3 is 0 Å². The van der Waals surface area contributed by atoms with Gasteiger partial charge >= 0.3 is 0 Å². The molecular formula is C22H25N5O. The second kappa shape index (κ2) is 7.19. The molecule has 0 saturated carbocycles. The molecule has 2 atom stereocenters. The van der Waals surface area contributed by atoms with Crippen LogP contribution in [0.3, 0.4) is 0 Å². The molecule has 2 heterocycles. The zero-order chi connectivity index (χ0) is 19.7. The number of nitrogens with zero attached hydrogens (tertiary/aromatic N) is 5. The van der Waals surface area contributed by atoms with Crippen molar-refractivity contribution in [3.63, 3.8) is 0 Å². The summed E-state index contributed by atoms with van der Waals surface area (Å²) in [6.45, 7) is 4.15. The minimum absolute atomic E-state index is 0.115. The summed E-state index contributed by atoms with van der Waals surface area (Å²) >= 11 is 0. The predicted molar refractivity (Wildman–Crippen MR) is 110 cm³/mol. The number of benzene rings is 2. The molecule has 2 aromatic carbocycles. The van der Waals surface area contributed by atoms with E-state index in [0.29, 0.717) is 6.42 Å². The fourth-order valence-electron chi connectivity index (χ4n) is 4.01. The number of Topliss-reactive ketones (excluding diaryl/α,β-unsaturated/α-hetero) is 1. The molecule has 0 amide bonds. The van der Waals surface area contributed by atoms with Crippen molar-refractivity contribution < 1.29 is 4.79 Å². The Bertz CT molecular complexity index is 1020. The predicted octanol–water partition coefficient (Wildman–Crippen LogP) is 3.87. The molecule has 0 fully saturated rings. The number of hydrogen-bond acceptors (Lipinski definition) is 5. The maximum atomic E-state index is 13.7. The lowest BCUT2D eigenvalue weighted by molar-refractivity contribution is -0.126. The van der Waals surface area contributed by atoms with Gasteiger partial charge in [-0.2, -0.15) is 5.10 Å². The number of ketones is 1. The van der Waals surface area contributed by atoms with Gasteiger partial charge in [0, 0.05) is 13.5 Å². The first kappa shape index (κ1) is 18.3. The highest BCUT2D eigenvalue weighted by molar-refractivity contribution is 6.05. The van der Waals surface area contributed by atoms with Crippen LogP contribution in [0, 0.1) is 6.92 Å². The fourth-order valence-corrected chi connectivity index (χ4v) is 4.01. The van der Waals surface area contributed by atoms with Crippen molar-refractivity contribution in [3.8, 4) is 0 Å². The standard InChI is InChI=1S/C22H25N5O/c1-4-5-10-20(28)22(27-19-9-7-6-8-18(19)24-25-27)15-23-26(3)21(22)17-13-11-16(2)12-14-17/h6-9,11-15,21H,4-5,10H2,1-3H3. The van der Waals surface area contributed by atoms with Gasteiger partial charge in [-0.1, -0.05) is 60.5 Å². The normalized spacial score (nSPS) is 21.5. The van der Waals surface area contributed by atoms with E-state index in [1.807, 2.05) is 36.3 Å². The molecule has 144 valence electrons. The fraction of sp³-hybridized carbons (Fsp3) is 0.364. The SMILES string of the molecule is CCCCC(=O)C1(n2nnc3ccccc32)C=NN(C)C1c1ccc(C)cc1. The van der Waals surface area contributed by atoms with Crippen LogP contribution in [0.5, 0.6) is 0 Å². The molecule has 1 aliphatic heterocycles. The smallest absolute Gasteiger partial charge is 0.185 e. The summed E-state index contributed by atoms with van der Waals surface area (Å²) in [6, 6.07) is 15.8. The van der Waals surface area contributed by atoms with Gasteiger partial charge in [0.25, 0.3) is 0 Å². The Balaban J connectivity index is 1.93. The molecule has 0 N–H and O–H groups in total. The Kier molecular flexibility index (Phi) is 4.71. The molecule has 0 spiro atoms. The van der Waals surface area contributed by atoms with Gasteiger partial charge in [0.1, 0.15) is 11.6 Å². The number of rotatable bonds is 6. The highest BCUT2D eigenvalue weighted by Gasteiger charge is 2.53. The zero-order valence-electron chi connectivity index (χ0n) is 16.5. The molecule has 6 nitrogen and oxygen atoms in total. The average Bonchev–Trinajstić information content (AvgIpc) is 3.29. The van der Waals surface area contributed by atoms with Crippen LogP contribution in [-0.2, 0) is 10.3 Å². The molecule has 1 aromatic heterocycles. The molecule has 0 radical (unpaired) electrons. The number of hydrogen-bond donors (Lipinski definition) is 0. The van der Waals surface area contributed by atoms with Crippen LogP contribution in [-0.4, -0.2) is 39.0 Å². The Hall–Kier alpha value is -3.02. The average molecular weight is 375 g/mol. The van der Waals surface area contributed by atoms with E-state index in [1.54, 1.807) is 10.9 Å². The summed E-state index contributed by atoms with van der Waals surface area (Å²) in [7, 11) is 1.91. The summed E-state index contributed by atoms with van der Waals surface area (Å²) in [5.74, 6) is 0.115. The molecule has 0 saturated heterocycles. The molecular weight excluding hydrogens is 350 g/mol. The summed E-state index contributed by atoms with van der Waals surface area (Å²) in [6.07, 6.45) is 4.04. The number of aromatic nitrogens is 3. The van der Waals surface area contributed by atoms with E-state index in [-0.39, 0.29) is 11.8 Å². The minimum Gasteiger partial charge on any atom is -0.296 e. The topological polar surface area (TPSA) is 63.4 Å². The Labute approximate surface area is 164 Å². The van der Waals surface area contributed by atoms with Gasteiger partial charge in [-0.25, -0.2) is 4.68 Å². The number of likely N-dealkylation sites (N-methyl/N-ethyl adjacent to an activating group) is 1. The quantitative estimate of drug-likeness (QED) is 0.656. The number of unbranched alkanes of at least 4 members (excludes halogenated alkanes) is 1. The maximum absolute atomic E-state index is 13.7. The second-order valence-electron chi connectivity index (χ2n) is 7.47. The van der Waals surface area contributed by atoms with E-state index in [9.17, 15) is 4.79 Å². The van der Waals surface area contributed by atoms with Crippen LogP contribution >= 0.6 is 0 Å². The molecule has 0 bridgehead atoms. The van der Waals surface area contributed by atoms with Gasteiger partial charge in [-0.05, 0) is 31.0 Å². The third kappa shape index (κ3) is 2.80. The first-order chi connectivity index (χ1) is 13.6. The number of para-hydroxylation sites is 1. The molecule has 6 heteroatoms. The lowest BCUT2D eigenvalue weighted by atomic mass is 9.81. The number of carbonyl (C=O) groups excluding carboxylic acids is 1. The van der Waals surface area contributed by atoms with E-state index in [2.05, 4.69) is 53.5 Å². The van der Waals surface area contributed by atoms with Crippen molar-refractivity contribution in [3.05, 3.63) is 59.7 Å². The van der Waals surface area contributed by atoms with Gasteiger partial charge in [0.05, 0.1) is 11.7 Å². The van der Waals surface area contributed by atoms with Crippen LogP contribution in [0.25, 0.3) is 11.0 Å². The Morgan fingerprint density at radius 1 is 1.14 bits per heavy atom. The summed E-state index contributed by atoms with van der Waals surface area (Å²) in [5, 5.41) is 15.2. The van der Waals surface area contributed by atoms with Crippen LogP contribution in [0.2, 0.25) is 0 Å². The van der Waals surface area contributed by atoms with Crippen molar-refractivity contribution in [1.82, 2.24) is 20.0 Å². The van der Waals surface area contributed by atoms with Crippen LogP contribution in [0.1, 0.15) is 43.4 Å². The number of aryl methyl sites for hydroxylation is 1. The van der Waals surface area contributed by atoms with E-state index in [4.69, 9.17) is 0 Å². The van der Waals surface area contributed by atoms with Crippen LogP contribution in [0.4, 0.5) is 0 Å². The summed E-state index contributed by atoms with van der Waals surface area (Å²) in [5.41, 5.74) is 2.81. The lowest BCUT2D eigenvalue weighted by Gasteiger charge is -2.35. The van der Waals surface area contributed by atoms with E-state index in [0.717, 1.165) is 29.4 Å². The monoisotopic (exact) mass is 375 g/mol. The minimum atomic E-state index is -1.02. The molecule has 2 unspecified atom stereocenters. The van der Waals surface area contributed by atoms with Crippen molar-refractivity contribution >= 4 is 23.0 Å². The zero-order valence-corrected chi connectivity index (χ0v) is 16.5. The first-order valence-electron chi connectivity index (χ1n) is 9.76. The van der Waals surface area contributed by atoms with Gasteiger partial charge in [-0.3, -0.25) is 9.80 Å². The second-order valence-corrected chi connectivity index (χ2v) is 7.47. The largest absolute Gasteiger partial charge is 0.296 e. The summed E-state index contributed by atoms with van der Waals surface area (Å²) < 4.78 is 1.78. The van der Waals surface area contributed by atoms with Crippen molar-refractivity contribution in [2.45, 2.75) is 44.7 Å². The van der Waals surface area contributed by atoms with Crippen molar-refractivity contribution in [2.75, 3.05) is 7.05 Å². The third-order valence-corrected chi connectivity index (χ3v) is 5.53. The van der Waals surface area contributed by atoms with Gasteiger partial charge in [0.15, 0.2) is 11.3 Å². The Morgan fingerprint density at radius 2 is 1.89 bits per heavy atom. The highest BCUT2D eigenvalue weighted by atomic mass is 16.1. The van der Waals surface area contributed by atoms with Crippen LogP contribution in [0.15, 0.2) is 53.6 Å². The molecule has 4 rings (SSSR count). The first-order valence-corrected chi connectivity index (χ1v) is 9.76. The summed E-state index contributed by atoms with van der Waals surface area (Å²) in [4.78, 5) is 13.7. The van der Waals surface area contributed by atoms with E-state index < -0.39 is 5.54 Å². The lowest BCUT2D eigenvalue weighted by Crippen LogP contribution is -2.49. The number of carbonyl (C=O) groups is 1.